The van der Waals surface area contributed by atoms with Crippen LogP contribution in [0.3, 0.4) is 0 Å². The molecule has 0 spiro atoms. The number of hydrogen-bond acceptors (Lipinski definition) is 5. The average molecular weight is 534 g/mol. The van der Waals surface area contributed by atoms with Crippen molar-refractivity contribution < 1.29 is 14.0 Å². The maximum absolute atomic E-state index is 13.0. The SMILES string of the molecule is O=C1c2ccccc2C(=O)N1CCc1oc(-c2ccccc2)c(Sc2ccccc2)c1Sc1ccccc1. The third-order valence-corrected chi connectivity index (χ3v) is 8.67. The molecule has 0 saturated heterocycles. The maximum atomic E-state index is 13.0. The quantitative estimate of drug-likeness (QED) is 0.189. The van der Waals surface area contributed by atoms with E-state index in [1.165, 1.54) is 4.90 Å². The summed E-state index contributed by atoms with van der Waals surface area (Å²) in [4.78, 5) is 31.6. The number of fused-ring (bicyclic) bond motifs is 1. The van der Waals surface area contributed by atoms with E-state index in [1.807, 2.05) is 66.7 Å². The molecule has 1 aliphatic rings. The van der Waals surface area contributed by atoms with Crippen LogP contribution in [0.2, 0.25) is 0 Å². The fraction of sp³-hybridized carbons (Fsp3) is 0.0625. The number of furan rings is 1. The molecule has 4 aromatic carbocycles. The van der Waals surface area contributed by atoms with Gasteiger partial charge in [-0.25, -0.2) is 0 Å². The highest BCUT2D eigenvalue weighted by Crippen LogP contribution is 2.48. The largest absolute Gasteiger partial charge is 0.459 e. The van der Waals surface area contributed by atoms with Gasteiger partial charge in [-0.3, -0.25) is 14.5 Å². The minimum absolute atomic E-state index is 0.242. The lowest BCUT2D eigenvalue weighted by Crippen LogP contribution is -2.31. The van der Waals surface area contributed by atoms with Gasteiger partial charge in [-0.2, -0.15) is 0 Å². The molecule has 0 atom stereocenters. The zero-order valence-electron chi connectivity index (χ0n) is 20.4. The predicted molar refractivity (Wildman–Crippen MR) is 151 cm³/mol. The molecule has 2 amide bonds. The Morgan fingerprint density at radius 2 is 1.05 bits per heavy atom. The van der Waals surface area contributed by atoms with Crippen LogP contribution in [0.15, 0.2) is 139 Å². The number of imide groups is 1. The molecular formula is C32H23NO3S2. The lowest BCUT2D eigenvalue weighted by Gasteiger charge is -2.13. The number of carbonyl (C=O) groups is 2. The van der Waals surface area contributed by atoms with E-state index >= 15 is 0 Å². The number of amides is 2. The van der Waals surface area contributed by atoms with E-state index in [0.29, 0.717) is 17.5 Å². The van der Waals surface area contributed by atoms with Crippen LogP contribution in [0, 0.1) is 0 Å². The lowest BCUT2D eigenvalue weighted by atomic mass is 10.1. The van der Waals surface area contributed by atoms with Gasteiger partial charge in [0.25, 0.3) is 11.8 Å². The van der Waals surface area contributed by atoms with Crippen LogP contribution in [-0.2, 0) is 6.42 Å². The molecule has 0 radical (unpaired) electrons. The van der Waals surface area contributed by atoms with Crippen LogP contribution >= 0.6 is 23.5 Å². The molecule has 0 saturated carbocycles. The van der Waals surface area contributed by atoms with E-state index in [0.717, 1.165) is 36.7 Å². The average Bonchev–Trinajstić information content (AvgIpc) is 3.42. The third-order valence-electron chi connectivity index (χ3n) is 6.29. The van der Waals surface area contributed by atoms with Crippen molar-refractivity contribution in [1.29, 1.82) is 0 Å². The normalized spacial score (nSPS) is 12.7. The molecule has 4 nitrogen and oxygen atoms in total. The summed E-state index contributed by atoms with van der Waals surface area (Å²) in [6.45, 7) is 0.242. The van der Waals surface area contributed by atoms with Gasteiger partial charge in [0.2, 0.25) is 0 Å². The summed E-state index contributed by atoms with van der Waals surface area (Å²) in [6.07, 6.45) is 0.413. The number of carbonyl (C=O) groups excluding carboxylic acids is 2. The highest BCUT2D eigenvalue weighted by molar-refractivity contribution is 8.02. The van der Waals surface area contributed by atoms with Crippen molar-refractivity contribution >= 4 is 35.3 Å². The van der Waals surface area contributed by atoms with Gasteiger partial charge in [0, 0.05) is 28.3 Å². The van der Waals surface area contributed by atoms with Crippen LogP contribution in [0.5, 0.6) is 0 Å². The Hall–Kier alpha value is -4.00. The van der Waals surface area contributed by atoms with E-state index in [4.69, 9.17) is 4.42 Å². The summed E-state index contributed by atoms with van der Waals surface area (Å²) in [5.74, 6) is 1.04. The molecule has 38 heavy (non-hydrogen) atoms. The van der Waals surface area contributed by atoms with Crippen molar-refractivity contribution in [2.75, 3.05) is 6.54 Å². The molecule has 1 aromatic heterocycles. The Labute approximate surface area is 229 Å². The molecule has 6 rings (SSSR count). The Bertz CT molecular complexity index is 1560. The van der Waals surface area contributed by atoms with Gasteiger partial charge in [-0.1, -0.05) is 102 Å². The smallest absolute Gasteiger partial charge is 0.261 e. The van der Waals surface area contributed by atoms with Gasteiger partial charge in [0.05, 0.1) is 20.9 Å². The van der Waals surface area contributed by atoms with Crippen molar-refractivity contribution in [3.8, 4) is 11.3 Å². The highest BCUT2D eigenvalue weighted by Gasteiger charge is 2.35. The second-order valence-corrected chi connectivity index (χ2v) is 10.9. The fourth-order valence-corrected chi connectivity index (χ4v) is 6.66. The zero-order valence-corrected chi connectivity index (χ0v) is 22.0. The van der Waals surface area contributed by atoms with Crippen LogP contribution in [0.4, 0.5) is 0 Å². The van der Waals surface area contributed by atoms with E-state index in [2.05, 4.69) is 24.3 Å². The van der Waals surface area contributed by atoms with Gasteiger partial charge in [0.1, 0.15) is 11.5 Å². The summed E-state index contributed by atoms with van der Waals surface area (Å²) in [7, 11) is 0. The minimum atomic E-state index is -0.253. The zero-order chi connectivity index (χ0) is 25.9. The molecule has 1 aliphatic heterocycles. The molecule has 2 heterocycles. The summed E-state index contributed by atoms with van der Waals surface area (Å²) in [5.41, 5.74) is 1.90. The van der Waals surface area contributed by atoms with Crippen LogP contribution in [-0.4, -0.2) is 23.3 Å². The summed E-state index contributed by atoms with van der Waals surface area (Å²) in [6, 6.07) is 37.5. The molecule has 6 heteroatoms. The summed E-state index contributed by atoms with van der Waals surface area (Å²) >= 11 is 3.31. The minimum Gasteiger partial charge on any atom is -0.459 e. The van der Waals surface area contributed by atoms with Gasteiger partial charge < -0.3 is 4.42 Å². The number of benzene rings is 4. The van der Waals surface area contributed by atoms with Crippen LogP contribution in [0.25, 0.3) is 11.3 Å². The maximum Gasteiger partial charge on any atom is 0.261 e. The molecule has 0 bridgehead atoms. The second-order valence-electron chi connectivity index (χ2n) is 8.77. The first-order valence-electron chi connectivity index (χ1n) is 12.3. The van der Waals surface area contributed by atoms with E-state index in [9.17, 15) is 9.59 Å². The third kappa shape index (κ3) is 4.80. The van der Waals surface area contributed by atoms with Crippen molar-refractivity contribution in [2.45, 2.75) is 26.0 Å². The van der Waals surface area contributed by atoms with Crippen molar-refractivity contribution in [3.05, 3.63) is 132 Å². The monoisotopic (exact) mass is 533 g/mol. The first-order valence-corrected chi connectivity index (χ1v) is 13.9. The Balaban J connectivity index is 1.40. The molecule has 0 unspecified atom stereocenters. The summed E-state index contributed by atoms with van der Waals surface area (Å²) in [5, 5.41) is 0. The Morgan fingerprint density at radius 1 is 0.579 bits per heavy atom. The van der Waals surface area contributed by atoms with Crippen LogP contribution in [0.1, 0.15) is 26.5 Å². The van der Waals surface area contributed by atoms with E-state index < -0.39 is 0 Å². The molecular weight excluding hydrogens is 510 g/mol. The predicted octanol–water partition coefficient (Wildman–Crippen LogP) is 8.09. The first-order chi connectivity index (χ1) is 18.7. The number of nitrogens with zero attached hydrogens (tertiary/aromatic N) is 1. The highest BCUT2D eigenvalue weighted by atomic mass is 32.2. The van der Waals surface area contributed by atoms with E-state index in [-0.39, 0.29) is 18.4 Å². The molecule has 5 aromatic rings. The van der Waals surface area contributed by atoms with Gasteiger partial charge >= 0.3 is 0 Å². The standard InChI is InChI=1S/C32H23NO3S2/c34-31-25-18-10-11-19-26(25)32(35)33(31)21-20-27-29(37-23-14-6-2-7-15-23)30(38-24-16-8-3-9-17-24)28(36-27)22-12-4-1-5-13-22/h1-19H,20-21H2. The Kier molecular flexibility index (Phi) is 6.90. The number of hydrogen-bond donors (Lipinski definition) is 0. The number of rotatable bonds is 8. The Morgan fingerprint density at radius 3 is 1.61 bits per heavy atom. The van der Waals surface area contributed by atoms with Crippen molar-refractivity contribution in [2.24, 2.45) is 0 Å². The fourth-order valence-electron chi connectivity index (χ4n) is 4.45. The molecule has 186 valence electrons. The topological polar surface area (TPSA) is 50.5 Å². The van der Waals surface area contributed by atoms with Crippen molar-refractivity contribution in [3.63, 3.8) is 0 Å². The molecule has 0 aliphatic carbocycles. The lowest BCUT2D eigenvalue weighted by molar-refractivity contribution is 0.0654. The van der Waals surface area contributed by atoms with Crippen LogP contribution < -0.4 is 0 Å². The van der Waals surface area contributed by atoms with Crippen molar-refractivity contribution in [1.82, 2.24) is 4.90 Å². The van der Waals surface area contributed by atoms with Gasteiger partial charge in [0.15, 0.2) is 0 Å². The summed E-state index contributed by atoms with van der Waals surface area (Å²) < 4.78 is 6.59. The first kappa shape index (κ1) is 24.3. The van der Waals surface area contributed by atoms with Gasteiger partial charge in [-0.05, 0) is 36.4 Å². The molecule has 0 N–H and O–H groups in total. The van der Waals surface area contributed by atoms with Gasteiger partial charge in [-0.15, -0.1) is 0 Å². The second kappa shape index (κ2) is 10.8. The molecule has 0 fully saturated rings. The van der Waals surface area contributed by atoms with E-state index in [1.54, 1.807) is 47.8 Å².